The standard InChI is InChI=1S/C22H19N3O2S/c1-26-18-13-11-16(12-14-18)21-23-22(25-24-21)28-15-17-7-5-6-10-20(17)27-19-8-3-2-4-9-19/h2-14H,15H2,1H3,(H,23,24,25). The van der Waals surface area contributed by atoms with Gasteiger partial charge in [-0.05, 0) is 42.5 Å². The molecular formula is C22H19N3O2S. The molecule has 0 radical (unpaired) electrons. The molecule has 0 bridgehead atoms. The minimum Gasteiger partial charge on any atom is -0.497 e. The van der Waals surface area contributed by atoms with E-state index in [1.165, 1.54) is 0 Å². The highest BCUT2D eigenvalue weighted by Crippen LogP contribution is 2.30. The van der Waals surface area contributed by atoms with E-state index in [-0.39, 0.29) is 0 Å². The summed E-state index contributed by atoms with van der Waals surface area (Å²) in [5.41, 5.74) is 2.06. The maximum absolute atomic E-state index is 6.02. The number of methoxy groups -OCH3 is 1. The Balaban J connectivity index is 1.44. The van der Waals surface area contributed by atoms with Gasteiger partial charge in [-0.1, -0.05) is 48.2 Å². The van der Waals surface area contributed by atoms with Gasteiger partial charge in [-0.3, -0.25) is 5.10 Å². The maximum Gasteiger partial charge on any atom is 0.209 e. The first-order valence-corrected chi connectivity index (χ1v) is 9.81. The Morgan fingerprint density at radius 1 is 0.857 bits per heavy atom. The number of H-pyrrole nitrogens is 1. The Morgan fingerprint density at radius 2 is 1.61 bits per heavy atom. The lowest BCUT2D eigenvalue weighted by Crippen LogP contribution is -1.90. The van der Waals surface area contributed by atoms with Gasteiger partial charge in [0.2, 0.25) is 5.16 Å². The highest BCUT2D eigenvalue weighted by atomic mass is 32.2. The number of ether oxygens (including phenoxy) is 2. The van der Waals surface area contributed by atoms with Crippen LogP contribution >= 0.6 is 11.8 Å². The molecule has 0 unspecified atom stereocenters. The van der Waals surface area contributed by atoms with Crippen LogP contribution in [-0.4, -0.2) is 22.3 Å². The van der Waals surface area contributed by atoms with Crippen LogP contribution in [0.2, 0.25) is 0 Å². The predicted octanol–water partition coefficient (Wildman–Crippen LogP) is 5.56. The predicted molar refractivity (Wildman–Crippen MR) is 111 cm³/mol. The van der Waals surface area contributed by atoms with Crippen molar-refractivity contribution in [1.29, 1.82) is 0 Å². The van der Waals surface area contributed by atoms with Crippen molar-refractivity contribution < 1.29 is 9.47 Å². The van der Waals surface area contributed by atoms with Crippen molar-refractivity contribution in [2.24, 2.45) is 0 Å². The van der Waals surface area contributed by atoms with Crippen molar-refractivity contribution in [1.82, 2.24) is 15.2 Å². The average Bonchev–Trinajstić information content (AvgIpc) is 3.23. The number of rotatable bonds is 7. The van der Waals surface area contributed by atoms with Crippen LogP contribution in [0.15, 0.2) is 84.0 Å². The SMILES string of the molecule is COc1ccc(-c2nc(SCc3ccccc3Oc3ccccc3)n[nH]2)cc1. The van der Waals surface area contributed by atoms with Crippen molar-refractivity contribution in [2.75, 3.05) is 7.11 Å². The first kappa shape index (κ1) is 18.1. The van der Waals surface area contributed by atoms with Gasteiger partial charge < -0.3 is 9.47 Å². The normalized spacial score (nSPS) is 10.6. The van der Waals surface area contributed by atoms with E-state index in [4.69, 9.17) is 9.47 Å². The minimum atomic E-state index is 0.695. The quantitative estimate of drug-likeness (QED) is 0.419. The third kappa shape index (κ3) is 4.35. The van der Waals surface area contributed by atoms with Crippen LogP contribution in [-0.2, 0) is 5.75 Å². The van der Waals surface area contributed by atoms with E-state index < -0.39 is 0 Å². The molecule has 28 heavy (non-hydrogen) atoms. The minimum absolute atomic E-state index is 0.695. The molecular weight excluding hydrogens is 370 g/mol. The van der Waals surface area contributed by atoms with Gasteiger partial charge in [0.25, 0.3) is 0 Å². The van der Waals surface area contributed by atoms with Crippen molar-refractivity contribution in [3.63, 3.8) is 0 Å². The number of hydrogen-bond acceptors (Lipinski definition) is 5. The largest absolute Gasteiger partial charge is 0.497 e. The lowest BCUT2D eigenvalue weighted by Gasteiger charge is -2.10. The van der Waals surface area contributed by atoms with E-state index in [2.05, 4.69) is 21.2 Å². The summed E-state index contributed by atoms with van der Waals surface area (Å²) in [6.07, 6.45) is 0. The molecule has 0 spiro atoms. The number of para-hydroxylation sites is 2. The summed E-state index contributed by atoms with van der Waals surface area (Å²) in [6.45, 7) is 0. The molecule has 0 aliphatic heterocycles. The number of nitrogens with one attached hydrogen (secondary N) is 1. The summed E-state index contributed by atoms with van der Waals surface area (Å²) in [7, 11) is 1.65. The van der Waals surface area contributed by atoms with Gasteiger partial charge in [0.15, 0.2) is 5.82 Å². The van der Waals surface area contributed by atoms with Gasteiger partial charge in [-0.25, -0.2) is 4.98 Å². The Kier molecular flexibility index (Phi) is 5.58. The van der Waals surface area contributed by atoms with Gasteiger partial charge in [0.1, 0.15) is 17.2 Å². The molecule has 3 aromatic carbocycles. The molecule has 1 aromatic heterocycles. The van der Waals surface area contributed by atoms with Gasteiger partial charge in [0, 0.05) is 16.9 Å². The smallest absolute Gasteiger partial charge is 0.209 e. The molecule has 1 heterocycles. The van der Waals surface area contributed by atoms with E-state index in [0.717, 1.165) is 34.2 Å². The molecule has 0 fully saturated rings. The van der Waals surface area contributed by atoms with Crippen LogP contribution in [0.5, 0.6) is 17.2 Å². The van der Waals surface area contributed by atoms with E-state index in [0.29, 0.717) is 10.9 Å². The lowest BCUT2D eigenvalue weighted by molar-refractivity contribution is 0.415. The Labute approximate surface area is 167 Å². The molecule has 6 heteroatoms. The summed E-state index contributed by atoms with van der Waals surface area (Å²) in [6, 6.07) is 25.5. The second kappa shape index (κ2) is 8.63. The zero-order valence-electron chi connectivity index (χ0n) is 15.3. The molecule has 0 saturated heterocycles. The third-order valence-electron chi connectivity index (χ3n) is 4.13. The summed E-state index contributed by atoms with van der Waals surface area (Å²) >= 11 is 1.56. The molecule has 4 aromatic rings. The van der Waals surface area contributed by atoms with Gasteiger partial charge >= 0.3 is 0 Å². The molecule has 1 N–H and O–H groups in total. The average molecular weight is 389 g/mol. The Morgan fingerprint density at radius 3 is 2.39 bits per heavy atom. The van der Waals surface area contributed by atoms with Crippen LogP contribution in [0, 0.1) is 0 Å². The molecule has 140 valence electrons. The van der Waals surface area contributed by atoms with Crippen molar-refractivity contribution in [3.05, 3.63) is 84.4 Å². The maximum atomic E-state index is 6.02. The Hall–Kier alpha value is -3.25. The number of aromatic amines is 1. The van der Waals surface area contributed by atoms with Crippen LogP contribution in [0.25, 0.3) is 11.4 Å². The molecule has 4 rings (SSSR count). The van der Waals surface area contributed by atoms with E-state index in [9.17, 15) is 0 Å². The molecule has 0 atom stereocenters. The number of aromatic nitrogens is 3. The number of nitrogens with zero attached hydrogens (tertiary/aromatic N) is 2. The van der Waals surface area contributed by atoms with Gasteiger partial charge in [-0.15, -0.1) is 5.10 Å². The second-order valence-corrected chi connectivity index (χ2v) is 6.95. The van der Waals surface area contributed by atoms with E-state index in [1.54, 1.807) is 18.9 Å². The topological polar surface area (TPSA) is 60.0 Å². The molecule has 5 nitrogen and oxygen atoms in total. The Bertz CT molecular complexity index is 1030. The first-order valence-electron chi connectivity index (χ1n) is 8.82. The lowest BCUT2D eigenvalue weighted by atomic mass is 10.2. The highest BCUT2D eigenvalue weighted by Gasteiger charge is 2.09. The molecule has 0 saturated carbocycles. The number of benzene rings is 3. The van der Waals surface area contributed by atoms with E-state index in [1.807, 2.05) is 72.8 Å². The highest BCUT2D eigenvalue weighted by molar-refractivity contribution is 7.98. The van der Waals surface area contributed by atoms with Crippen molar-refractivity contribution >= 4 is 11.8 Å². The zero-order valence-corrected chi connectivity index (χ0v) is 16.1. The van der Waals surface area contributed by atoms with Crippen LogP contribution in [0.4, 0.5) is 0 Å². The zero-order chi connectivity index (χ0) is 19.2. The van der Waals surface area contributed by atoms with Crippen LogP contribution in [0.3, 0.4) is 0 Å². The summed E-state index contributed by atoms with van der Waals surface area (Å²) in [4.78, 5) is 4.58. The summed E-state index contributed by atoms with van der Waals surface area (Å²) in [5.74, 6) is 3.92. The van der Waals surface area contributed by atoms with Crippen molar-refractivity contribution in [2.45, 2.75) is 10.9 Å². The number of hydrogen-bond donors (Lipinski definition) is 1. The number of thioether (sulfide) groups is 1. The molecule has 0 aliphatic carbocycles. The fourth-order valence-electron chi connectivity index (χ4n) is 2.67. The second-order valence-electron chi connectivity index (χ2n) is 6.01. The summed E-state index contributed by atoms with van der Waals surface area (Å²) in [5, 5.41) is 8.01. The van der Waals surface area contributed by atoms with Crippen LogP contribution in [0.1, 0.15) is 5.56 Å². The van der Waals surface area contributed by atoms with Crippen LogP contribution < -0.4 is 9.47 Å². The molecule has 0 aliphatic rings. The first-order chi connectivity index (χ1) is 13.8. The van der Waals surface area contributed by atoms with E-state index >= 15 is 0 Å². The van der Waals surface area contributed by atoms with Gasteiger partial charge in [-0.2, -0.15) is 0 Å². The monoisotopic (exact) mass is 389 g/mol. The summed E-state index contributed by atoms with van der Waals surface area (Å²) < 4.78 is 11.2. The fraction of sp³-hybridized carbons (Fsp3) is 0.0909. The van der Waals surface area contributed by atoms with Gasteiger partial charge in [0.05, 0.1) is 7.11 Å². The third-order valence-corrected chi connectivity index (χ3v) is 5.02. The van der Waals surface area contributed by atoms with Crippen molar-refractivity contribution in [3.8, 4) is 28.6 Å². The molecule has 0 amide bonds. The fourth-order valence-corrected chi connectivity index (χ4v) is 3.46.